The van der Waals surface area contributed by atoms with Gasteiger partial charge in [0.1, 0.15) is 0 Å². The molecule has 1 aromatic rings. The number of carboxylic acids is 1. The van der Waals surface area contributed by atoms with Gasteiger partial charge in [0.15, 0.2) is 0 Å². The number of halogens is 1. The number of aliphatic carboxylic acids is 1. The average Bonchev–Trinajstić information content (AvgIpc) is 2.55. The highest BCUT2D eigenvalue weighted by atomic mass is 35.5. The van der Waals surface area contributed by atoms with Gasteiger partial charge in [0.05, 0.1) is 6.04 Å². The largest absolute Gasteiger partial charge is 0.481 e. The fourth-order valence-corrected chi connectivity index (χ4v) is 3.32. The van der Waals surface area contributed by atoms with Crippen LogP contribution in [0.4, 0.5) is 5.69 Å². The van der Waals surface area contributed by atoms with Crippen molar-refractivity contribution in [2.45, 2.75) is 45.6 Å². The number of carboxylic acid groups (broad SMARTS) is 1. The van der Waals surface area contributed by atoms with E-state index in [1.54, 1.807) is 12.1 Å². The third kappa shape index (κ3) is 5.21. The highest BCUT2D eigenvalue weighted by Gasteiger charge is 2.27. The maximum absolute atomic E-state index is 12.6. The van der Waals surface area contributed by atoms with E-state index in [1.165, 1.54) is 0 Å². The molecule has 0 aliphatic carbocycles. The van der Waals surface area contributed by atoms with Crippen molar-refractivity contribution in [1.82, 2.24) is 4.90 Å². The Balaban J connectivity index is 1.94. The normalized spacial score (nSPS) is 19.7. The molecule has 1 aromatic carbocycles. The number of aryl methyl sites for hydroxylation is 1. The second-order valence-electron chi connectivity index (χ2n) is 6.56. The molecule has 5 nitrogen and oxygen atoms in total. The van der Waals surface area contributed by atoms with E-state index < -0.39 is 5.97 Å². The number of nitrogens with one attached hydrogen (secondary N) is 1. The molecule has 24 heavy (non-hydrogen) atoms. The van der Waals surface area contributed by atoms with Crippen LogP contribution in [0.5, 0.6) is 0 Å². The van der Waals surface area contributed by atoms with E-state index in [2.05, 4.69) is 10.2 Å². The van der Waals surface area contributed by atoms with Crippen LogP contribution in [0.2, 0.25) is 5.02 Å². The van der Waals surface area contributed by atoms with E-state index in [0.717, 1.165) is 37.2 Å². The molecule has 2 unspecified atom stereocenters. The van der Waals surface area contributed by atoms with Crippen LogP contribution >= 0.6 is 11.6 Å². The Labute approximate surface area is 148 Å². The molecular weight excluding hydrogens is 328 g/mol. The Hall–Kier alpha value is -1.59. The standard InChI is InChI=1S/C18H25ClN2O3/c1-12-5-7-15(19)10-16(12)20-18(24)13(2)21-9-3-4-14(11-21)6-8-17(22)23/h5,7,10,13-14H,3-4,6,8-9,11H2,1-2H3,(H,20,24)(H,22,23). The van der Waals surface area contributed by atoms with E-state index in [4.69, 9.17) is 16.7 Å². The molecule has 0 spiro atoms. The van der Waals surface area contributed by atoms with Crippen LogP contribution < -0.4 is 5.32 Å². The summed E-state index contributed by atoms with van der Waals surface area (Å²) in [4.78, 5) is 25.4. The lowest BCUT2D eigenvalue weighted by atomic mass is 9.92. The third-order valence-electron chi connectivity index (χ3n) is 4.70. The maximum Gasteiger partial charge on any atom is 0.303 e. The van der Waals surface area contributed by atoms with Gasteiger partial charge in [-0.1, -0.05) is 17.7 Å². The fraction of sp³-hybridized carbons (Fsp3) is 0.556. The van der Waals surface area contributed by atoms with Gasteiger partial charge in [-0.05, 0) is 63.3 Å². The van der Waals surface area contributed by atoms with Gasteiger partial charge >= 0.3 is 5.97 Å². The molecule has 1 aliphatic rings. The molecule has 2 N–H and O–H groups in total. The number of benzene rings is 1. The Bertz CT molecular complexity index is 606. The fourth-order valence-electron chi connectivity index (χ4n) is 3.14. The zero-order valence-corrected chi connectivity index (χ0v) is 15.0. The molecule has 0 radical (unpaired) electrons. The number of anilines is 1. The first-order valence-electron chi connectivity index (χ1n) is 8.39. The van der Waals surface area contributed by atoms with Crippen molar-refractivity contribution < 1.29 is 14.7 Å². The van der Waals surface area contributed by atoms with E-state index in [9.17, 15) is 9.59 Å². The van der Waals surface area contributed by atoms with E-state index in [1.807, 2.05) is 19.9 Å². The first-order chi connectivity index (χ1) is 11.4. The van der Waals surface area contributed by atoms with E-state index in [-0.39, 0.29) is 18.4 Å². The second-order valence-corrected chi connectivity index (χ2v) is 7.00. The summed E-state index contributed by atoms with van der Waals surface area (Å²) in [6, 6.07) is 5.18. The molecule has 1 aliphatic heterocycles. The number of carbonyl (C=O) groups is 2. The highest BCUT2D eigenvalue weighted by Crippen LogP contribution is 2.24. The predicted octanol–water partition coefficient (Wildman–Crippen LogP) is 3.55. The predicted molar refractivity (Wildman–Crippen MR) is 95.4 cm³/mol. The number of hydrogen-bond acceptors (Lipinski definition) is 3. The van der Waals surface area contributed by atoms with Crippen molar-refractivity contribution >= 4 is 29.2 Å². The monoisotopic (exact) mass is 352 g/mol. The summed E-state index contributed by atoms with van der Waals surface area (Å²) in [5, 5.41) is 12.4. The number of likely N-dealkylation sites (tertiary alicyclic amines) is 1. The molecule has 1 fully saturated rings. The smallest absolute Gasteiger partial charge is 0.303 e. The lowest BCUT2D eigenvalue weighted by molar-refractivity contribution is -0.137. The van der Waals surface area contributed by atoms with Gasteiger partial charge in [-0.2, -0.15) is 0 Å². The van der Waals surface area contributed by atoms with Gasteiger partial charge in [0.2, 0.25) is 5.91 Å². The average molecular weight is 353 g/mol. The van der Waals surface area contributed by atoms with Crippen molar-refractivity contribution in [3.05, 3.63) is 28.8 Å². The third-order valence-corrected chi connectivity index (χ3v) is 4.94. The Kier molecular flexibility index (Phi) is 6.63. The first kappa shape index (κ1) is 18.7. The molecule has 0 aromatic heterocycles. The summed E-state index contributed by atoms with van der Waals surface area (Å²) < 4.78 is 0. The molecule has 6 heteroatoms. The highest BCUT2D eigenvalue weighted by molar-refractivity contribution is 6.31. The lowest BCUT2D eigenvalue weighted by Crippen LogP contribution is -2.47. The summed E-state index contributed by atoms with van der Waals surface area (Å²) >= 11 is 6.00. The van der Waals surface area contributed by atoms with Crippen molar-refractivity contribution in [1.29, 1.82) is 0 Å². The Morgan fingerprint density at radius 2 is 2.21 bits per heavy atom. The molecule has 0 bridgehead atoms. The van der Waals surface area contributed by atoms with Crippen LogP contribution in [-0.2, 0) is 9.59 Å². The number of nitrogens with zero attached hydrogens (tertiary/aromatic N) is 1. The minimum Gasteiger partial charge on any atom is -0.481 e. The maximum atomic E-state index is 12.6. The Morgan fingerprint density at radius 1 is 1.46 bits per heavy atom. The number of rotatable bonds is 6. The lowest BCUT2D eigenvalue weighted by Gasteiger charge is -2.36. The quantitative estimate of drug-likeness (QED) is 0.821. The topological polar surface area (TPSA) is 69.6 Å². The van der Waals surface area contributed by atoms with Gasteiger partial charge in [0.25, 0.3) is 0 Å². The minimum atomic E-state index is -0.755. The molecule has 1 saturated heterocycles. The van der Waals surface area contributed by atoms with Crippen molar-refractivity contribution in [3.63, 3.8) is 0 Å². The van der Waals surface area contributed by atoms with Crippen molar-refractivity contribution in [3.8, 4) is 0 Å². The summed E-state index contributed by atoms with van der Waals surface area (Å²) in [5.41, 5.74) is 1.71. The van der Waals surface area contributed by atoms with Gasteiger partial charge in [0, 0.05) is 23.7 Å². The zero-order chi connectivity index (χ0) is 17.7. The van der Waals surface area contributed by atoms with Crippen LogP contribution in [0.15, 0.2) is 18.2 Å². The molecule has 1 heterocycles. The summed E-state index contributed by atoms with van der Waals surface area (Å²) in [6.45, 7) is 5.47. The van der Waals surface area contributed by atoms with Gasteiger partial charge < -0.3 is 10.4 Å². The summed E-state index contributed by atoms with van der Waals surface area (Å²) in [7, 11) is 0. The molecule has 132 valence electrons. The Morgan fingerprint density at radius 3 is 2.92 bits per heavy atom. The molecular formula is C18H25ClN2O3. The van der Waals surface area contributed by atoms with Crippen LogP contribution in [0, 0.1) is 12.8 Å². The second kappa shape index (κ2) is 8.49. The van der Waals surface area contributed by atoms with Crippen LogP contribution in [-0.4, -0.2) is 41.0 Å². The van der Waals surface area contributed by atoms with Crippen LogP contribution in [0.3, 0.4) is 0 Å². The van der Waals surface area contributed by atoms with Crippen molar-refractivity contribution in [2.75, 3.05) is 18.4 Å². The van der Waals surface area contributed by atoms with Gasteiger partial charge in [-0.25, -0.2) is 0 Å². The minimum absolute atomic E-state index is 0.0562. The molecule has 1 amide bonds. The molecule has 0 saturated carbocycles. The van der Waals surface area contributed by atoms with E-state index in [0.29, 0.717) is 17.4 Å². The van der Waals surface area contributed by atoms with E-state index >= 15 is 0 Å². The first-order valence-corrected chi connectivity index (χ1v) is 8.77. The van der Waals surface area contributed by atoms with Crippen LogP contribution in [0.25, 0.3) is 0 Å². The van der Waals surface area contributed by atoms with Gasteiger partial charge in [-0.15, -0.1) is 0 Å². The summed E-state index contributed by atoms with van der Waals surface area (Å²) in [5.74, 6) is -0.466. The zero-order valence-electron chi connectivity index (χ0n) is 14.2. The number of carbonyl (C=O) groups excluding carboxylic acids is 1. The molecule has 2 rings (SSSR count). The SMILES string of the molecule is Cc1ccc(Cl)cc1NC(=O)C(C)N1CCCC(CCC(=O)O)C1. The number of hydrogen-bond donors (Lipinski definition) is 2. The summed E-state index contributed by atoms with van der Waals surface area (Å²) in [6.07, 6.45) is 2.90. The number of amides is 1. The van der Waals surface area contributed by atoms with Gasteiger partial charge in [-0.3, -0.25) is 14.5 Å². The van der Waals surface area contributed by atoms with Crippen LogP contribution in [0.1, 0.15) is 38.2 Å². The number of piperidine rings is 1. The van der Waals surface area contributed by atoms with Crippen molar-refractivity contribution in [2.24, 2.45) is 5.92 Å². The molecule has 2 atom stereocenters.